The Hall–Kier alpha value is -1.78. The summed E-state index contributed by atoms with van der Waals surface area (Å²) in [5.74, 6) is -0.321. The van der Waals surface area contributed by atoms with Gasteiger partial charge < -0.3 is 5.32 Å². The molecule has 1 aliphatic heterocycles. The van der Waals surface area contributed by atoms with Crippen LogP contribution >= 0.6 is 11.3 Å². The number of aromatic nitrogens is 3. The van der Waals surface area contributed by atoms with E-state index in [4.69, 9.17) is 0 Å². The monoisotopic (exact) mass is 313 g/mol. The van der Waals surface area contributed by atoms with Crippen LogP contribution in [-0.4, -0.2) is 47.4 Å². The van der Waals surface area contributed by atoms with Crippen LogP contribution in [0.1, 0.15) is 21.5 Å². The lowest BCUT2D eigenvalue weighted by atomic mass is 10.2. The molecular formula is C10H11N5O3S2. The van der Waals surface area contributed by atoms with Gasteiger partial charge in [0.1, 0.15) is 6.33 Å². The van der Waals surface area contributed by atoms with E-state index in [2.05, 4.69) is 20.5 Å². The van der Waals surface area contributed by atoms with Gasteiger partial charge in [-0.05, 0) is 11.4 Å². The lowest BCUT2D eigenvalue weighted by Gasteiger charge is -2.29. The second-order valence-corrected chi connectivity index (χ2v) is 7.26. The van der Waals surface area contributed by atoms with E-state index in [-0.39, 0.29) is 17.3 Å². The lowest BCUT2D eigenvalue weighted by molar-refractivity contribution is 0.0921. The Morgan fingerprint density at radius 2 is 2.40 bits per heavy atom. The second-order valence-electron chi connectivity index (χ2n) is 4.29. The molecule has 106 valence electrons. The zero-order chi connectivity index (χ0) is 14.3. The van der Waals surface area contributed by atoms with Crippen molar-refractivity contribution in [2.75, 3.05) is 13.6 Å². The van der Waals surface area contributed by atoms with Gasteiger partial charge in [0.25, 0.3) is 5.91 Å². The van der Waals surface area contributed by atoms with Gasteiger partial charge >= 0.3 is 0 Å². The largest absolute Gasteiger partial charge is 0.340 e. The number of rotatable bonds is 2. The van der Waals surface area contributed by atoms with Gasteiger partial charge in [-0.2, -0.15) is 9.40 Å². The van der Waals surface area contributed by atoms with E-state index in [1.165, 1.54) is 29.0 Å². The van der Waals surface area contributed by atoms with Crippen molar-refractivity contribution in [3.05, 3.63) is 28.5 Å². The standard InChI is InChI=1S/C10H11N5O3S2/c1-15-4-6(13-10(16)9-11-5-12-14-9)8-7(2-3-19-8)20(15,17)18/h2-3,5-6H,4H2,1H3,(H,13,16)(H,11,12,14)/t6-/m1/s1. The predicted molar refractivity (Wildman–Crippen MR) is 70.7 cm³/mol. The summed E-state index contributed by atoms with van der Waals surface area (Å²) in [6, 6.07) is 1.16. The molecule has 0 radical (unpaired) electrons. The minimum Gasteiger partial charge on any atom is -0.340 e. The molecule has 10 heteroatoms. The fraction of sp³-hybridized carbons (Fsp3) is 0.300. The molecule has 2 aromatic heterocycles. The molecule has 3 heterocycles. The number of carbonyl (C=O) groups is 1. The highest BCUT2D eigenvalue weighted by atomic mass is 32.2. The van der Waals surface area contributed by atoms with Gasteiger partial charge in [-0.1, -0.05) is 0 Å². The first-order chi connectivity index (χ1) is 9.50. The van der Waals surface area contributed by atoms with E-state index in [1.54, 1.807) is 11.4 Å². The van der Waals surface area contributed by atoms with Gasteiger partial charge in [-0.15, -0.1) is 11.3 Å². The number of likely N-dealkylation sites (N-methyl/N-ethyl adjacent to an activating group) is 1. The normalized spacial score (nSPS) is 21.4. The van der Waals surface area contributed by atoms with E-state index in [0.29, 0.717) is 4.88 Å². The molecule has 1 atom stereocenters. The number of sulfonamides is 1. The van der Waals surface area contributed by atoms with E-state index in [1.807, 2.05) is 0 Å². The third kappa shape index (κ3) is 2.01. The molecule has 0 unspecified atom stereocenters. The number of nitrogens with zero attached hydrogens (tertiary/aromatic N) is 3. The summed E-state index contributed by atoms with van der Waals surface area (Å²) in [7, 11) is -1.95. The van der Waals surface area contributed by atoms with Crippen LogP contribution in [0.5, 0.6) is 0 Å². The highest BCUT2D eigenvalue weighted by Gasteiger charge is 2.36. The molecule has 8 nitrogen and oxygen atoms in total. The molecule has 0 spiro atoms. The summed E-state index contributed by atoms with van der Waals surface area (Å²) in [5, 5.41) is 10.5. The maximum Gasteiger partial charge on any atom is 0.289 e. The first-order valence-corrected chi connectivity index (χ1v) is 8.02. The maximum atomic E-state index is 12.1. The molecule has 20 heavy (non-hydrogen) atoms. The van der Waals surface area contributed by atoms with Crippen LogP contribution in [0.15, 0.2) is 22.7 Å². The van der Waals surface area contributed by atoms with Crippen molar-refractivity contribution in [1.29, 1.82) is 0 Å². The van der Waals surface area contributed by atoms with Crippen molar-refractivity contribution in [2.24, 2.45) is 0 Å². The Labute approximate surface area is 118 Å². The van der Waals surface area contributed by atoms with Crippen molar-refractivity contribution in [3.8, 4) is 0 Å². The van der Waals surface area contributed by atoms with Crippen molar-refractivity contribution < 1.29 is 13.2 Å². The lowest BCUT2D eigenvalue weighted by Crippen LogP contribution is -2.43. The summed E-state index contributed by atoms with van der Waals surface area (Å²) in [5.41, 5.74) is 0. The Morgan fingerprint density at radius 3 is 3.10 bits per heavy atom. The summed E-state index contributed by atoms with van der Waals surface area (Å²) in [6.45, 7) is 0.190. The molecule has 0 bridgehead atoms. The molecule has 0 saturated carbocycles. The number of amides is 1. The quantitative estimate of drug-likeness (QED) is 0.809. The number of nitrogens with one attached hydrogen (secondary N) is 2. The molecule has 2 aromatic rings. The number of fused-ring (bicyclic) bond motifs is 1. The van der Waals surface area contributed by atoms with E-state index in [9.17, 15) is 13.2 Å². The summed E-state index contributed by atoms with van der Waals surface area (Å²) < 4.78 is 25.5. The van der Waals surface area contributed by atoms with E-state index >= 15 is 0 Å². The van der Waals surface area contributed by atoms with Crippen LogP contribution < -0.4 is 5.32 Å². The van der Waals surface area contributed by atoms with E-state index < -0.39 is 22.0 Å². The van der Waals surface area contributed by atoms with Crippen LogP contribution in [0.2, 0.25) is 0 Å². The number of hydrogen-bond donors (Lipinski definition) is 2. The Morgan fingerprint density at radius 1 is 1.60 bits per heavy atom. The highest BCUT2D eigenvalue weighted by Crippen LogP contribution is 2.35. The Bertz CT molecular complexity index is 737. The zero-order valence-corrected chi connectivity index (χ0v) is 12.0. The number of carbonyl (C=O) groups excluding carboxylic acids is 1. The predicted octanol–water partition coefficient (Wildman–Crippen LogP) is -0.0286. The second kappa shape index (κ2) is 4.65. The average Bonchev–Trinajstić information content (AvgIpc) is 3.07. The van der Waals surface area contributed by atoms with Crippen molar-refractivity contribution in [2.45, 2.75) is 10.9 Å². The molecule has 0 fully saturated rings. The van der Waals surface area contributed by atoms with Crippen molar-refractivity contribution >= 4 is 27.3 Å². The van der Waals surface area contributed by atoms with Crippen LogP contribution in [-0.2, 0) is 10.0 Å². The van der Waals surface area contributed by atoms with Crippen molar-refractivity contribution in [3.63, 3.8) is 0 Å². The minimum absolute atomic E-state index is 0.0965. The molecule has 0 saturated heterocycles. The molecule has 3 rings (SSSR count). The molecule has 0 aromatic carbocycles. The molecule has 1 aliphatic rings. The topological polar surface area (TPSA) is 108 Å². The Balaban J connectivity index is 1.91. The molecule has 2 N–H and O–H groups in total. The third-order valence-electron chi connectivity index (χ3n) is 3.04. The van der Waals surface area contributed by atoms with Gasteiger partial charge in [0.15, 0.2) is 0 Å². The van der Waals surface area contributed by atoms with Crippen LogP contribution in [0.4, 0.5) is 0 Å². The van der Waals surface area contributed by atoms with Gasteiger partial charge in [-0.3, -0.25) is 9.89 Å². The smallest absolute Gasteiger partial charge is 0.289 e. The maximum absolute atomic E-state index is 12.1. The van der Waals surface area contributed by atoms with Crippen LogP contribution in [0.3, 0.4) is 0 Å². The minimum atomic E-state index is -3.44. The molecule has 1 amide bonds. The van der Waals surface area contributed by atoms with Crippen LogP contribution in [0, 0.1) is 0 Å². The van der Waals surface area contributed by atoms with Gasteiger partial charge in [0.05, 0.1) is 10.9 Å². The van der Waals surface area contributed by atoms with Gasteiger partial charge in [0.2, 0.25) is 15.8 Å². The fourth-order valence-corrected chi connectivity index (χ4v) is 4.73. The van der Waals surface area contributed by atoms with Crippen molar-refractivity contribution in [1.82, 2.24) is 24.8 Å². The third-order valence-corrected chi connectivity index (χ3v) is 6.08. The number of thiophene rings is 1. The number of aromatic amines is 1. The van der Waals surface area contributed by atoms with Gasteiger partial charge in [-0.25, -0.2) is 13.4 Å². The number of H-pyrrole nitrogens is 1. The molecule has 0 aliphatic carbocycles. The van der Waals surface area contributed by atoms with Crippen LogP contribution in [0.25, 0.3) is 0 Å². The fourth-order valence-electron chi connectivity index (χ4n) is 2.04. The summed E-state index contributed by atoms with van der Waals surface area (Å²) in [6.07, 6.45) is 1.24. The number of hydrogen-bond acceptors (Lipinski definition) is 6. The first kappa shape index (κ1) is 13.2. The average molecular weight is 313 g/mol. The van der Waals surface area contributed by atoms with Gasteiger partial charge in [0, 0.05) is 18.5 Å². The SMILES string of the molecule is CN1C[C@@H](NC(=O)c2ncn[nH]2)c2sccc2S1(=O)=O. The Kier molecular flexibility index (Phi) is 3.07. The first-order valence-electron chi connectivity index (χ1n) is 5.70. The van der Waals surface area contributed by atoms with E-state index in [0.717, 1.165) is 0 Å². The summed E-state index contributed by atoms with van der Waals surface area (Å²) >= 11 is 1.31. The highest BCUT2D eigenvalue weighted by molar-refractivity contribution is 7.89. The molecular weight excluding hydrogens is 302 g/mol. The zero-order valence-electron chi connectivity index (χ0n) is 10.4. The summed E-state index contributed by atoms with van der Waals surface area (Å²) in [4.78, 5) is 16.6.